The van der Waals surface area contributed by atoms with E-state index in [-0.39, 0.29) is 22.3 Å². The Morgan fingerprint density at radius 2 is 1.82 bits per heavy atom. The molecule has 0 fully saturated rings. The molecule has 2 aromatic rings. The lowest BCUT2D eigenvalue weighted by Gasteiger charge is -2.20. The summed E-state index contributed by atoms with van der Waals surface area (Å²) >= 11 is 0. The van der Waals surface area contributed by atoms with Crippen molar-refractivity contribution in [2.24, 2.45) is 5.10 Å². The molecule has 1 aromatic heterocycles. The molecule has 0 radical (unpaired) electrons. The second-order valence-corrected chi connectivity index (χ2v) is 10.3. The van der Waals surface area contributed by atoms with Crippen LogP contribution < -0.4 is 21.4 Å². The van der Waals surface area contributed by atoms with Crippen LogP contribution in [0.1, 0.15) is 67.8 Å². The molecule has 3 amide bonds. The van der Waals surface area contributed by atoms with Gasteiger partial charge in [-0.3, -0.25) is 19.8 Å². The molecule has 2 rings (SSSR count). The first kappa shape index (κ1) is 31.7. The van der Waals surface area contributed by atoms with Crippen LogP contribution in [-0.2, 0) is 9.59 Å². The Bertz CT molecular complexity index is 1110. The van der Waals surface area contributed by atoms with E-state index in [0.29, 0.717) is 43.6 Å². The molecule has 39 heavy (non-hydrogen) atoms. The van der Waals surface area contributed by atoms with Gasteiger partial charge in [0.05, 0.1) is 16.7 Å². The number of benzene rings is 1. The van der Waals surface area contributed by atoms with Gasteiger partial charge in [-0.05, 0) is 43.9 Å². The molecule has 214 valence electrons. The molecular weight excluding hydrogens is 524 g/mol. The Kier molecular flexibility index (Phi) is 13.4. The van der Waals surface area contributed by atoms with Crippen molar-refractivity contribution < 1.29 is 28.0 Å². The number of aromatic nitrogens is 1. The smallest absolute Gasteiger partial charge is 0.253 e. The minimum atomic E-state index is -3.90. The highest BCUT2D eigenvalue weighted by Gasteiger charge is 2.21. The zero-order valence-corrected chi connectivity index (χ0v) is 23.0. The van der Waals surface area contributed by atoms with E-state index >= 15 is 0 Å². The van der Waals surface area contributed by atoms with Gasteiger partial charge in [-0.2, -0.15) is 5.10 Å². The predicted octanol–water partition coefficient (Wildman–Crippen LogP) is 3.82. The van der Waals surface area contributed by atoms with Gasteiger partial charge in [0, 0.05) is 31.8 Å². The van der Waals surface area contributed by atoms with Crippen molar-refractivity contribution in [3.05, 3.63) is 53.7 Å². The van der Waals surface area contributed by atoms with Crippen LogP contribution in [0, 0.1) is 0 Å². The first-order chi connectivity index (χ1) is 18.7. The SMILES string of the molecule is CCCCCC(=O)NCCCCC(NC(=O)c1ccc(N/N=C/c2ccccc2S(O)(O)O)nc1)C(=O)NC. The highest BCUT2D eigenvalue weighted by molar-refractivity contribution is 8.19. The second-order valence-electron chi connectivity index (χ2n) is 8.80. The van der Waals surface area contributed by atoms with E-state index in [1.54, 1.807) is 18.2 Å². The number of unbranched alkanes of at least 4 members (excludes halogenated alkanes) is 3. The van der Waals surface area contributed by atoms with Crippen molar-refractivity contribution in [2.45, 2.75) is 62.8 Å². The molecule has 13 heteroatoms. The summed E-state index contributed by atoms with van der Waals surface area (Å²) < 4.78 is 28.6. The number of carbonyl (C=O) groups excluding carboxylic acids is 3. The molecular formula is C26H38N6O6S. The third kappa shape index (κ3) is 11.4. The van der Waals surface area contributed by atoms with Crippen LogP contribution in [-0.4, -0.2) is 62.2 Å². The van der Waals surface area contributed by atoms with Crippen molar-refractivity contribution >= 4 is 40.6 Å². The molecule has 1 unspecified atom stereocenters. The van der Waals surface area contributed by atoms with Gasteiger partial charge in [0.15, 0.2) is 0 Å². The number of hydrogen-bond donors (Lipinski definition) is 7. The summed E-state index contributed by atoms with van der Waals surface area (Å²) in [5.41, 5.74) is 3.22. The quantitative estimate of drug-likeness (QED) is 0.0914. The zero-order valence-electron chi connectivity index (χ0n) is 22.2. The van der Waals surface area contributed by atoms with Gasteiger partial charge in [0.1, 0.15) is 22.7 Å². The lowest BCUT2D eigenvalue weighted by molar-refractivity contribution is -0.123. The predicted molar refractivity (Wildman–Crippen MR) is 152 cm³/mol. The number of hydrogen-bond acceptors (Lipinski definition) is 9. The van der Waals surface area contributed by atoms with E-state index < -0.39 is 22.8 Å². The Balaban J connectivity index is 1.86. The van der Waals surface area contributed by atoms with Crippen LogP contribution in [0.3, 0.4) is 0 Å². The van der Waals surface area contributed by atoms with Crippen LogP contribution in [0.5, 0.6) is 0 Å². The van der Waals surface area contributed by atoms with Crippen LogP contribution in [0.25, 0.3) is 0 Å². The summed E-state index contributed by atoms with van der Waals surface area (Å²) in [4.78, 5) is 40.9. The molecule has 1 heterocycles. The van der Waals surface area contributed by atoms with Gasteiger partial charge in [-0.25, -0.2) is 4.98 Å². The third-order valence-electron chi connectivity index (χ3n) is 5.74. The number of amides is 3. The Morgan fingerprint density at radius 1 is 1.05 bits per heavy atom. The van der Waals surface area contributed by atoms with Crippen LogP contribution in [0.15, 0.2) is 52.6 Å². The maximum Gasteiger partial charge on any atom is 0.253 e. The van der Waals surface area contributed by atoms with E-state index in [2.05, 4.69) is 38.4 Å². The molecule has 0 bridgehead atoms. The van der Waals surface area contributed by atoms with E-state index in [0.717, 1.165) is 19.3 Å². The van der Waals surface area contributed by atoms with Crippen molar-refractivity contribution in [3.8, 4) is 0 Å². The largest absolute Gasteiger partial charge is 0.357 e. The number of anilines is 1. The fraction of sp³-hybridized carbons (Fsp3) is 0.423. The van der Waals surface area contributed by atoms with E-state index in [9.17, 15) is 28.0 Å². The maximum atomic E-state index is 12.7. The average molecular weight is 563 g/mol. The summed E-state index contributed by atoms with van der Waals surface area (Å²) in [6.07, 6.45) is 7.87. The number of pyridine rings is 1. The monoisotopic (exact) mass is 562 g/mol. The maximum absolute atomic E-state index is 12.7. The molecule has 0 aliphatic heterocycles. The van der Waals surface area contributed by atoms with E-state index in [1.807, 2.05) is 0 Å². The first-order valence-electron chi connectivity index (χ1n) is 12.8. The number of carbonyl (C=O) groups is 3. The summed E-state index contributed by atoms with van der Waals surface area (Å²) in [5.74, 6) is -0.427. The lowest BCUT2D eigenvalue weighted by Crippen LogP contribution is -2.45. The van der Waals surface area contributed by atoms with Crippen LogP contribution >= 0.6 is 10.9 Å². The van der Waals surface area contributed by atoms with Crippen LogP contribution in [0.2, 0.25) is 0 Å². The molecule has 0 aliphatic carbocycles. The zero-order chi connectivity index (χ0) is 28.7. The fourth-order valence-corrected chi connectivity index (χ4v) is 4.31. The van der Waals surface area contributed by atoms with Gasteiger partial charge in [0.25, 0.3) is 5.91 Å². The molecule has 1 aromatic carbocycles. The van der Waals surface area contributed by atoms with Crippen molar-refractivity contribution in [2.75, 3.05) is 19.0 Å². The summed E-state index contributed by atoms with van der Waals surface area (Å²) in [6.45, 7) is 2.61. The summed E-state index contributed by atoms with van der Waals surface area (Å²) in [6, 6.07) is 8.45. The van der Waals surface area contributed by atoms with Gasteiger partial charge in [-0.15, -0.1) is 0 Å². The second kappa shape index (κ2) is 16.4. The molecule has 0 saturated carbocycles. The van der Waals surface area contributed by atoms with E-state index in [4.69, 9.17) is 0 Å². The van der Waals surface area contributed by atoms with Gasteiger partial charge >= 0.3 is 0 Å². The number of nitrogens with one attached hydrogen (secondary N) is 4. The Morgan fingerprint density at radius 3 is 2.49 bits per heavy atom. The molecule has 0 spiro atoms. The highest BCUT2D eigenvalue weighted by Crippen LogP contribution is 2.44. The number of likely N-dealkylation sites (N-methyl/N-ethyl adjacent to an activating group) is 1. The molecule has 7 N–H and O–H groups in total. The minimum absolute atomic E-state index is 0.0315. The normalized spacial score (nSPS) is 12.5. The minimum Gasteiger partial charge on any atom is -0.357 e. The number of rotatable bonds is 16. The molecule has 12 nitrogen and oxygen atoms in total. The summed E-state index contributed by atoms with van der Waals surface area (Å²) in [5, 5.41) is 12.1. The van der Waals surface area contributed by atoms with E-state index in [1.165, 1.54) is 37.7 Å². The summed E-state index contributed by atoms with van der Waals surface area (Å²) in [7, 11) is -2.40. The number of hydrazone groups is 1. The van der Waals surface area contributed by atoms with Gasteiger partial charge in [0.2, 0.25) is 11.8 Å². The highest BCUT2D eigenvalue weighted by atomic mass is 32.3. The number of nitrogens with zero attached hydrogens (tertiary/aromatic N) is 2. The van der Waals surface area contributed by atoms with Gasteiger partial charge in [-0.1, -0.05) is 38.0 Å². The fourth-order valence-electron chi connectivity index (χ4n) is 3.61. The van der Waals surface area contributed by atoms with Crippen molar-refractivity contribution in [1.29, 1.82) is 0 Å². The van der Waals surface area contributed by atoms with Crippen molar-refractivity contribution in [1.82, 2.24) is 20.9 Å². The van der Waals surface area contributed by atoms with Crippen LogP contribution in [0.4, 0.5) is 5.82 Å². The average Bonchev–Trinajstić information content (AvgIpc) is 2.92. The Labute approximate surface area is 230 Å². The Hall–Kier alpha value is -3.52. The molecule has 0 saturated heterocycles. The lowest BCUT2D eigenvalue weighted by atomic mass is 10.1. The first-order valence-corrected chi connectivity index (χ1v) is 14.3. The standard InChI is InChI=1S/C26H38N6O6S/c1-3-4-5-13-24(33)28-16-9-8-11-21(26(35)27-2)31-25(34)20-14-15-23(29-17-20)32-30-18-19-10-6-7-12-22(19)39(36,37)38/h6-7,10,12,14-15,17-18,21,36-38H,3-5,8-9,11,13,16H2,1-2H3,(H,27,35)(H,28,33)(H,29,32)(H,31,34)/b30-18+. The third-order valence-corrected chi connectivity index (χ3v) is 6.70. The van der Waals surface area contributed by atoms with Crippen molar-refractivity contribution in [3.63, 3.8) is 0 Å². The topological polar surface area (TPSA) is 185 Å². The molecule has 1 atom stereocenters. The van der Waals surface area contributed by atoms with Gasteiger partial charge < -0.3 is 29.6 Å². The molecule has 0 aliphatic rings.